The number of rotatable bonds is 4. The number of aromatic carboxylic acids is 1. The topological polar surface area (TPSA) is 70.3 Å². The van der Waals surface area contributed by atoms with Gasteiger partial charge in [0.1, 0.15) is 29.6 Å². The number of nitrogens with zero attached hydrogens (tertiary/aromatic N) is 1. The van der Waals surface area contributed by atoms with Crippen molar-refractivity contribution in [1.82, 2.24) is 0 Å². The first-order valence-corrected chi connectivity index (χ1v) is 5.85. The van der Waals surface area contributed by atoms with Crippen LogP contribution in [0, 0.1) is 23.0 Å². The highest BCUT2D eigenvalue weighted by Gasteiger charge is 2.13. The molecule has 0 aliphatic rings. The average molecular weight is 289 g/mol. The van der Waals surface area contributed by atoms with E-state index in [0.29, 0.717) is 0 Å². The van der Waals surface area contributed by atoms with Crippen LogP contribution in [0.5, 0.6) is 5.75 Å². The van der Waals surface area contributed by atoms with E-state index in [2.05, 4.69) is 0 Å². The molecule has 2 rings (SSSR count). The van der Waals surface area contributed by atoms with E-state index in [9.17, 15) is 13.6 Å². The summed E-state index contributed by atoms with van der Waals surface area (Å²) in [5.41, 5.74) is -0.0111. The molecule has 0 spiro atoms. The van der Waals surface area contributed by atoms with Crippen molar-refractivity contribution in [3.63, 3.8) is 0 Å². The van der Waals surface area contributed by atoms with E-state index in [-0.39, 0.29) is 29.0 Å². The van der Waals surface area contributed by atoms with Gasteiger partial charge in [-0.1, -0.05) is 6.07 Å². The zero-order valence-electron chi connectivity index (χ0n) is 10.6. The molecule has 1 N–H and O–H groups in total. The smallest absolute Gasteiger partial charge is 0.339 e. The molecule has 0 unspecified atom stereocenters. The van der Waals surface area contributed by atoms with Crippen LogP contribution in [0.3, 0.4) is 0 Å². The predicted molar refractivity (Wildman–Crippen MR) is 68.8 cm³/mol. The molecule has 0 atom stereocenters. The van der Waals surface area contributed by atoms with Crippen LogP contribution in [0.1, 0.15) is 21.5 Å². The second-order valence-corrected chi connectivity index (χ2v) is 4.15. The van der Waals surface area contributed by atoms with Crippen LogP contribution >= 0.6 is 0 Å². The van der Waals surface area contributed by atoms with Gasteiger partial charge in [0.15, 0.2) is 0 Å². The maximum atomic E-state index is 13.7. The summed E-state index contributed by atoms with van der Waals surface area (Å²) in [5, 5.41) is 17.6. The lowest BCUT2D eigenvalue weighted by atomic mass is 10.1. The van der Waals surface area contributed by atoms with Crippen molar-refractivity contribution in [3.05, 3.63) is 64.7 Å². The Kier molecular flexibility index (Phi) is 4.14. The first-order chi connectivity index (χ1) is 10.0. The van der Waals surface area contributed by atoms with Gasteiger partial charge in [0, 0.05) is 5.56 Å². The Labute approximate surface area is 118 Å². The molecule has 0 saturated carbocycles. The lowest BCUT2D eigenvalue weighted by Crippen LogP contribution is -2.05. The van der Waals surface area contributed by atoms with Gasteiger partial charge in [-0.2, -0.15) is 5.26 Å². The summed E-state index contributed by atoms with van der Waals surface area (Å²) in [6, 6.07) is 8.70. The number of halogens is 2. The van der Waals surface area contributed by atoms with Crippen molar-refractivity contribution in [2.24, 2.45) is 0 Å². The van der Waals surface area contributed by atoms with Crippen molar-refractivity contribution >= 4 is 5.97 Å². The maximum absolute atomic E-state index is 13.7. The Hall–Kier alpha value is -2.94. The average Bonchev–Trinajstić information content (AvgIpc) is 2.46. The summed E-state index contributed by atoms with van der Waals surface area (Å²) in [6.45, 7) is -0.233. The number of carbonyl (C=O) groups is 1. The summed E-state index contributed by atoms with van der Waals surface area (Å²) in [4.78, 5) is 11.0. The third-order valence-electron chi connectivity index (χ3n) is 2.74. The fourth-order valence-corrected chi connectivity index (χ4v) is 1.68. The Morgan fingerprint density at radius 1 is 1.24 bits per heavy atom. The fraction of sp³-hybridized carbons (Fsp3) is 0.0667. The quantitative estimate of drug-likeness (QED) is 0.938. The van der Waals surface area contributed by atoms with Crippen LogP contribution in [0.15, 0.2) is 36.4 Å². The Bertz CT molecular complexity index is 738. The Balaban J connectivity index is 2.21. The SMILES string of the molecule is N#Cc1ccc(COc2ccc(F)cc2C(=O)O)c(F)c1. The molecule has 0 amide bonds. The number of benzene rings is 2. The minimum Gasteiger partial charge on any atom is -0.488 e. The summed E-state index contributed by atoms with van der Waals surface area (Å²) < 4.78 is 31.9. The van der Waals surface area contributed by atoms with Gasteiger partial charge in [-0.15, -0.1) is 0 Å². The Morgan fingerprint density at radius 3 is 2.62 bits per heavy atom. The third-order valence-corrected chi connectivity index (χ3v) is 2.74. The first-order valence-electron chi connectivity index (χ1n) is 5.85. The second kappa shape index (κ2) is 6.01. The normalized spacial score (nSPS) is 9.95. The summed E-state index contributed by atoms with van der Waals surface area (Å²) in [6.07, 6.45) is 0. The lowest BCUT2D eigenvalue weighted by Gasteiger charge is -2.10. The molecule has 4 nitrogen and oxygen atoms in total. The monoisotopic (exact) mass is 289 g/mol. The highest BCUT2D eigenvalue weighted by Crippen LogP contribution is 2.21. The minimum absolute atomic E-state index is 0.0624. The van der Waals surface area contributed by atoms with Crippen molar-refractivity contribution in [1.29, 1.82) is 5.26 Å². The third kappa shape index (κ3) is 3.34. The fourth-order valence-electron chi connectivity index (χ4n) is 1.68. The van der Waals surface area contributed by atoms with Crippen molar-refractivity contribution in [2.75, 3.05) is 0 Å². The zero-order chi connectivity index (χ0) is 15.4. The van der Waals surface area contributed by atoms with Gasteiger partial charge in [-0.25, -0.2) is 13.6 Å². The second-order valence-electron chi connectivity index (χ2n) is 4.15. The van der Waals surface area contributed by atoms with Crippen LogP contribution in [0.2, 0.25) is 0 Å². The van der Waals surface area contributed by atoms with E-state index in [1.165, 1.54) is 18.2 Å². The molecule has 106 valence electrons. The molecule has 0 heterocycles. The molecule has 0 bridgehead atoms. The van der Waals surface area contributed by atoms with Gasteiger partial charge < -0.3 is 9.84 Å². The molecule has 0 aromatic heterocycles. The number of ether oxygens (including phenoxy) is 1. The summed E-state index contributed by atoms with van der Waals surface area (Å²) in [7, 11) is 0. The summed E-state index contributed by atoms with van der Waals surface area (Å²) >= 11 is 0. The molecule has 0 aliphatic heterocycles. The highest BCUT2D eigenvalue weighted by molar-refractivity contribution is 5.90. The molecule has 21 heavy (non-hydrogen) atoms. The zero-order valence-corrected chi connectivity index (χ0v) is 10.6. The largest absolute Gasteiger partial charge is 0.488 e. The molecular formula is C15H9F2NO3. The molecule has 0 fully saturated rings. The van der Waals surface area contributed by atoms with E-state index in [1.807, 2.05) is 0 Å². The highest BCUT2D eigenvalue weighted by atomic mass is 19.1. The van der Waals surface area contributed by atoms with Crippen LogP contribution in [-0.4, -0.2) is 11.1 Å². The molecule has 0 saturated heterocycles. The van der Waals surface area contributed by atoms with Gasteiger partial charge in [0.25, 0.3) is 0 Å². The van der Waals surface area contributed by atoms with Crippen molar-refractivity contribution in [3.8, 4) is 11.8 Å². The molecular weight excluding hydrogens is 280 g/mol. The molecule has 2 aromatic carbocycles. The number of hydrogen-bond donors (Lipinski definition) is 1. The van der Waals surface area contributed by atoms with Gasteiger partial charge in [-0.3, -0.25) is 0 Å². The first kappa shape index (κ1) is 14.5. The number of carboxylic acids is 1. The van der Waals surface area contributed by atoms with Crippen LogP contribution in [-0.2, 0) is 6.61 Å². The minimum atomic E-state index is -1.34. The van der Waals surface area contributed by atoms with Crippen LogP contribution in [0.4, 0.5) is 8.78 Å². The number of nitriles is 1. The number of hydrogen-bond acceptors (Lipinski definition) is 3. The summed E-state index contributed by atoms with van der Waals surface area (Å²) in [5.74, 6) is -2.74. The Morgan fingerprint density at radius 2 is 2.00 bits per heavy atom. The van der Waals surface area contributed by atoms with Crippen LogP contribution < -0.4 is 4.74 Å². The number of carboxylic acid groups (broad SMARTS) is 1. The van der Waals surface area contributed by atoms with Crippen molar-refractivity contribution in [2.45, 2.75) is 6.61 Å². The predicted octanol–water partition coefficient (Wildman–Crippen LogP) is 3.11. The maximum Gasteiger partial charge on any atom is 0.339 e. The molecule has 0 radical (unpaired) electrons. The van der Waals surface area contributed by atoms with E-state index in [4.69, 9.17) is 15.1 Å². The van der Waals surface area contributed by atoms with E-state index in [0.717, 1.165) is 18.2 Å². The van der Waals surface area contributed by atoms with Gasteiger partial charge in [0.05, 0.1) is 11.6 Å². The van der Waals surface area contributed by atoms with E-state index >= 15 is 0 Å². The van der Waals surface area contributed by atoms with E-state index in [1.54, 1.807) is 6.07 Å². The molecule has 2 aromatic rings. The lowest BCUT2D eigenvalue weighted by molar-refractivity contribution is 0.0691. The van der Waals surface area contributed by atoms with Gasteiger partial charge in [0.2, 0.25) is 0 Å². The molecule has 0 aliphatic carbocycles. The standard InChI is InChI=1S/C15H9F2NO3/c16-11-3-4-14(12(6-11)15(19)20)21-8-10-2-1-9(7-18)5-13(10)17/h1-6H,8H2,(H,19,20). The van der Waals surface area contributed by atoms with Gasteiger partial charge in [-0.05, 0) is 30.3 Å². The van der Waals surface area contributed by atoms with E-state index < -0.39 is 17.6 Å². The van der Waals surface area contributed by atoms with Crippen LogP contribution in [0.25, 0.3) is 0 Å². The van der Waals surface area contributed by atoms with Crippen molar-refractivity contribution < 1.29 is 23.4 Å². The molecule has 6 heteroatoms. The van der Waals surface area contributed by atoms with Gasteiger partial charge >= 0.3 is 5.97 Å².